The number of rotatable bonds is 6. The van der Waals surface area contributed by atoms with Gasteiger partial charge in [-0.1, -0.05) is 42.8 Å². The van der Waals surface area contributed by atoms with Crippen LogP contribution in [0.1, 0.15) is 36.5 Å². The van der Waals surface area contributed by atoms with E-state index >= 15 is 0 Å². The number of nitrogens with one attached hydrogen (secondary N) is 1. The van der Waals surface area contributed by atoms with E-state index in [4.69, 9.17) is 4.74 Å². The molecule has 1 heterocycles. The minimum Gasteiger partial charge on any atom is -0.496 e. The highest BCUT2D eigenvalue weighted by Crippen LogP contribution is 2.26. The van der Waals surface area contributed by atoms with E-state index in [1.807, 2.05) is 48.5 Å². The van der Waals surface area contributed by atoms with E-state index in [9.17, 15) is 4.79 Å². The zero-order chi connectivity index (χ0) is 18.4. The molecule has 1 atom stereocenters. The van der Waals surface area contributed by atoms with Gasteiger partial charge in [-0.2, -0.15) is 0 Å². The van der Waals surface area contributed by atoms with E-state index < -0.39 is 0 Å². The number of likely N-dealkylation sites (tertiary alicyclic amines) is 1. The Kier molecular flexibility index (Phi) is 6.29. The fourth-order valence-corrected chi connectivity index (χ4v) is 3.52. The monoisotopic (exact) mass is 352 g/mol. The Morgan fingerprint density at radius 1 is 1.08 bits per heavy atom. The molecule has 0 aromatic heterocycles. The van der Waals surface area contributed by atoms with Crippen molar-refractivity contribution in [1.29, 1.82) is 0 Å². The molecule has 138 valence electrons. The van der Waals surface area contributed by atoms with Gasteiger partial charge < -0.3 is 10.1 Å². The molecule has 2 aromatic rings. The van der Waals surface area contributed by atoms with Crippen molar-refractivity contribution in [2.75, 3.05) is 26.7 Å². The molecule has 0 saturated carbocycles. The van der Waals surface area contributed by atoms with Gasteiger partial charge in [0, 0.05) is 12.6 Å². The van der Waals surface area contributed by atoms with Crippen molar-refractivity contribution < 1.29 is 9.53 Å². The van der Waals surface area contributed by atoms with Gasteiger partial charge in [0.25, 0.3) is 5.91 Å². The summed E-state index contributed by atoms with van der Waals surface area (Å²) in [6, 6.07) is 16.2. The molecule has 1 aliphatic heterocycles. The summed E-state index contributed by atoms with van der Waals surface area (Å²) in [4.78, 5) is 15.2. The zero-order valence-electron chi connectivity index (χ0n) is 15.7. The van der Waals surface area contributed by atoms with Crippen LogP contribution in [-0.2, 0) is 0 Å². The molecular weight excluding hydrogens is 324 g/mol. The normalized spacial score (nSPS) is 16.1. The van der Waals surface area contributed by atoms with Crippen molar-refractivity contribution in [3.8, 4) is 16.9 Å². The summed E-state index contributed by atoms with van der Waals surface area (Å²) in [5.41, 5.74) is 2.69. The number of benzene rings is 2. The molecule has 1 fully saturated rings. The van der Waals surface area contributed by atoms with Gasteiger partial charge >= 0.3 is 0 Å². The molecule has 0 spiro atoms. The number of hydrogen-bond donors (Lipinski definition) is 1. The van der Waals surface area contributed by atoms with Crippen molar-refractivity contribution in [3.05, 3.63) is 54.1 Å². The van der Waals surface area contributed by atoms with E-state index in [0.717, 1.165) is 24.2 Å². The molecule has 0 radical (unpaired) electrons. The summed E-state index contributed by atoms with van der Waals surface area (Å²) in [5.74, 6) is 0.524. The first-order valence-corrected chi connectivity index (χ1v) is 9.45. The van der Waals surface area contributed by atoms with Crippen LogP contribution < -0.4 is 10.1 Å². The molecular formula is C22H28N2O2. The van der Waals surface area contributed by atoms with Crippen LogP contribution in [-0.4, -0.2) is 43.6 Å². The largest absolute Gasteiger partial charge is 0.496 e. The van der Waals surface area contributed by atoms with Crippen LogP contribution in [0.25, 0.3) is 11.1 Å². The predicted octanol–water partition coefficient (Wildman–Crippen LogP) is 3.97. The average Bonchev–Trinajstić information content (AvgIpc) is 2.72. The van der Waals surface area contributed by atoms with E-state index in [1.54, 1.807) is 7.11 Å². The molecule has 26 heavy (non-hydrogen) atoms. The van der Waals surface area contributed by atoms with Crippen LogP contribution in [0.5, 0.6) is 5.75 Å². The lowest BCUT2D eigenvalue weighted by Gasteiger charge is -2.32. The molecule has 1 aliphatic rings. The highest BCUT2D eigenvalue weighted by molar-refractivity contribution is 5.98. The smallest absolute Gasteiger partial charge is 0.255 e. The van der Waals surface area contributed by atoms with Gasteiger partial charge in [0.05, 0.1) is 12.7 Å². The number of hydrogen-bond acceptors (Lipinski definition) is 3. The zero-order valence-corrected chi connectivity index (χ0v) is 15.7. The number of nitrogens with zero attached hydrogens (tertiary/aromatic N) is 1. The van der Waals surface area contributed by atoms with Gasteiger partial charge in [-0.25, -0.2) is 0 Å². The molecule has 1 N–H and O–H groups in total. The minimum atomic E-state index is -0.0801. The van der Waals surface area contributed by atoms with Gasteiger partial charge in [0.1, 0.15) is 5.75 Å². The third-order valence-electron chi connectivity index (χ3n) is 5.12. The van der Waals surface area contributed by atoms with Crippen molar-refractivity contribution in [3.63, 3.8) is 0 Å². The summed E-state index contributed by atoms with van der Waals surface area (Å²) in [6.07, 6.45) is 3.83. The minimum absolute atomic E-state index is 0.0801. The van der Waals surface area contributed by atoms with Crippen LogP contribution >= 0.6 is 0 Å². The third-order valence-corrected chi connectivity index (χ3v) is 5.12. The van der Waals surface area contributed by atoms with Gasteiger partial charge in [-0.05, 0) is 56.1 Å². The highest BCUT2D eigenvalue weighted by atomic mass is 16.5. The second-order valence-electron chi connectivity index (χ2n) is 6.94. The molecule has 2 aromatic carbocycles. The number of amides is 1. The van der Waals surface area contributed by atoms with Crippen LogP contribution in [0.2, 0.25) is 0 Å². The topological polar surface area (TPSA) is 41.6 Å². The average molecular weight is 352 g/mol. The number of methoxy groups -OCH3 is 1. The Morgan fingerprint density at radius 3 is 2.50 bits per heavy atom. The third kappa shape index (κ3) is 4.44. The second-order valence-corrected chi connectivity index (χ2v) is 6.94. The fourth-order valence-electron chi connectivity index (χ4n) is 3.52. The lowest BCUT2D eigenvalue weighted by molar-refractivity contribution is 0.0927. The van der Waals surface area contributed by atoms with Gasteiger partial charge in [-0.3, -0.25) is 9.69 Å². The summed E-state index contributed by atoms with van der Waals surface area (Å²) >= 11 is 0. The second kappa shape index (κ2) is 8.86. The number of carbonyl (C=O) groups excluding carboxylic acids is 1. The maximum absolute atomic E-state index is 12.8. The Balaban J connectivity index is 1.71. The van der Waals surface area contributed by atoms with Crippen LogP contribution in [0, 0.1) is 0 Å². The van der Waals surface area contributed by atoms with Crippen molar-refractivity contribution >= 4 is 5.91 Å². The Morgan fingerprint density at radius 2 is 1.81 bits per heavy atom. The summed E-state index contributed by atoms with van der Waals surface area (Å²) in [5, 5.41) is 3.09. The molecule has 3 rings (SSSR count). The quantitative estimate of drug-likeness (QED) is 0.855. The van der Waals surface area contributed by atoms with Crippen LogP contribution in [0.4, 0.5) is 0 Å². The maximum atomic E-state index is 12.8. The summed E-state index contributed by atoms with van der Waals surface area (Å²) in [7, 11) is 1.60. The van der Waals surface area contributed by atoms with Crippen LogP contribution in [0.15, 0.2) is 48.5 Å². The lowest BCUT2D eigenvalue weighted by atomic mass is 10.0. The molecule has 4 nitrogen and oxygen atoms in total. The van der Waals surface area contributed by atoms with Crippen molar-refractivity contribution in [1.82, 2.24) is 10.2 Å². The summed E-state index contributed by atoms with van der Waals surface area (Å²) < 4.78 is 5.41. The fraction of sp³-hybridized carbons (Fsp3) is 0.409. The van der Waals surface area contributed by atoms with Crippen LogP contribution in [0.3, 0.4) is 0 Å². The van der Waals surface area contributed by atoms with E-state index in [0.29, 0.717) is 23.9 Å². The van der Waals surface area contributed by atoms with Gasteiger partial charge in [0.15, 0.2) is 0 Å². The standard InChI is InChI=1S/C22H28N2O2/c1-17(24-13-7-4-8-14-24)16-23-22(25)20-15-19(11-12-21(20)26-2)18-9-5-3-6-10-18/h3,5-6,9-12,15,17H,4,7-8,13-14,16H2,1-2H3,(H,23,25). The molecule has 1 unspecified atom stereocenters. The first-order chi connectivity index (χ1) is 12.7. The van der Waals surface area contributed by atoms with E-state index in [-0.39, 0.29) is 5.91 Å². The molecule has 0 bridgehead atoms. The van der Waals surface area contributed by atoms with Crippen molar-refractivity contribution in [2.24, 2.45) is 0 Å². The van der Waals surface area contributed by atoms with Gasteiger partial charge in [0.2, 0.25) is 0 Å². The first-order valence-electron chi connectivity index (χ1n) is 9.45. The SMILES string of the molecule is COc1ccc(-c2ccccc2)cc1C(=O)NCC(C)N1CCCCC1. The van der Waals surface area contributed by atoms with Crippen molar-refractivity contribution in [2.45, 2.75) is 32.2 Å². The Bertz CT molecular complexity index is 724. The van der Waals surface area contributed by atoms with E-state index in [1.165, 1.54) is 19.3 Å². The Labute approximate surface area is 156 Å². The number of ether oxygens (including phenoxy) is 1. The molecule has 1 saturated heterocycles. The molecule has 1 amide bonds. The highest BCUT2D eigenvalue weighted by Gasteiger charge is 2.19. The van der Waals surface area contributed by atoms with Gasteiger partial charge in [-0.15, -0.1) is 0 Å². The maximum Gasteiger partial charge on any atom is 0.255 e. The Hall–Kier alpha value is -2.33. The van der Waals surface area contributed by atoms with E-state index in [2.05, 4.69) is 17.1 Å². The number of carbonyl (C=O) groups is 1. The predicted molar refractivity (Wildman–Crippen MR) is 106 cm³/mol. The molecule has 0 aliphatic carbocycles. The summed E-state index contributed by atoms with van der Waals surface area (Å²) in [6.45, 7) is 5.09. The molecule has 4 heteroatoms. The number of piperidine rings is 1. The lowest BCUT2D eigenvalue weighted by Crippen LogP contribution is -2.44. The first kappa shape index (κ1) is 18.5.